The zero-order chi connectivity index (χ0) is 13.8. The van der Waals surface area contributed by atoms with Crippen LogP contribution in [-0.4, -0.2) is 50.2 Å². The fraction of sp³-hybridized carbons (Fsp3) is 0.533. The number of nitrogens with zero attached hydrogens (tertiary/aromatic N) is 1. The predicted octanol–water partition coefficient (Wildman–Crippen LogP) is 0.352. The molecular weight excluding hydrogens is 254 g/mol. The number of amides is 1. The van der Waals surface area contributed by atoms with Gasteiger partial charge < -0.3 is 15.4 Å². The first-order chi connectivity index (χ1) is 9.83. The van der Waals surface area contributed by atoms with Crippen molar-refractivity contribution in [3.05, 3.63) is 34.9 Å². The van der Waals surface area contributed by atoms with Gasteiger partial charge in [-0.2, -0.15) is 0 Å². The second-order valence-corrected chi connectivity index (χ2v) is 5.30. The van der Waals surface area contributed by atoms with Crippen LogP contribution >= 0.6 is 0 Å². The summed E-state index contributed by atoms with van der Waals surface area (Å²) in [6.45, 7) is 6.87. The van der Waals surface area contributed by atoms with E-state index in [4.69, 9.17) is 4.74 Å². The van der Waals surface area contributed by atoms with Crippen molar-refractivity contribution in [3.63, 3.8) is 0 Å². The van der Waals surface area contributed by atoms with E-state index in [0.717, 1.165) is 51.5 Å². The number of nitrogens with one attached hydrogen (secondary N) is 2. The van der Waals surface area contributed by atoms with Crippen LogP contribution in [0.1, 0.15) is 21.5 Å². The third kappa shape index (κ3) is 3.17. The summed E-state index contributed by atoms with van der Waals surface area (Å²) in [5, 5.41) is 6.29. The summed E-state index contributed by atoms with van der Waals surface area (Å²) < 4.78 is 5.30. The minimum absolute atomic E-state index is 0.0213. The monoisotopic (exact) mass is 275 g/mol. The lowest BCUT2D eigenvalue weighted by atomic mass is 10.1. The van der Waals surface area contributed by atoms with E-state index in [1.807, 2.05) is 18.2 Å². The Labute approximate surface area is 119 Å². The number of hydrogen-bond donors (Lipinski definition) is 2. The Balaban J connectivity index is 1.49. The summed E-state index contributed by atoms with van der Waals surface area (Å²) >= 11 is 0. The Bertz CT molecular complexity index is 484. The van der Waals surface area contributed by atoms with E-state index in [1.54, 1.807) is 0 Å². The molecule has 0 aliphatic carbocycles. The highest BCUT2D eigenvalue weighted by Crippen LogP contribution is 2.16. The molecule has 108 valence electrons. The predicted molar refractivity (Wildman–Crippen MR) is 76.6 cm³/mol. The maximum Gasteiger partial charge on any atom is 0.251 e. The molecule has 1 saturated heterocycles. The molecule has 5 heteroatoms. The molecule has 0 saturated carbocycles. The largest absolute Gasteiger partial charge is 0.379 e. The van der Waals surface area contributed by atoms with Gasteiger partial charge in [-0.15, -0.1) is 0 Å². The van der Waals surface area contributed by atoms with E-state index in [1.165, 1.54) is 11.1 Å². The highest BCUT2D eigenvalue weighted by molar-refractivity contribution is 5.94. The maximum absolute atomic E-state index is 12.1. The fourth-order valence-electron chi connectivity index (χ4n) is 2.69. The van der Waals surface area contributed by atoms with Crippen molar-refractivity contribution in [2.24, 2.45) is 0 Å². The number of rotatable bonds is 4. The average molecular weight is 275 g/mol. The first-order valence-corrected chi connectivity index (χ1v) is 7.24. The Morgan fingerprint density at radius 1 is 1.25 bits per heavy atom. The van der Waals surface area contributed by atoms with Crippen LogP contribution in [0.3, 0.4) is 0 Å². The molecule has 1 fully saturated rings. The van der Waals surface area contributed by atoms with Crippen LogP contribution in [-0.2, 0) is 17.8 Å². The molecule has 2 N–H and O–H groups in total. The number of carbonyl (C=O) groups excluding carboxylic acids is 1. The molecule has 0 unspecified atom stereocenters. The molecule has 1 amide bonds. The van der Waals surface area contributed by atoms with Gasteiger partial charge in [0, 0.05) is 44.8 Å². The summed E-state index contributed by atoms with van der Waals surface area (Å²) in [4.78, 5) is 14.4. The van der Waals surface area contributed by atoms with Crippen molar-refractivity contribution in [2.75, 3.05) is 39.4 Å². The molecule has 0 spiro atoms. The van der Waals surface area contributed by atoms with Gasteiger partial charge >= 0.3 is 0 Å². The molecule has 2 aliphatic rings. The van der Waals surface area contributed by atoms with Gasteiger partial charge in [0.2, 0.25) is 0 Å². The molecule has 20 heavy (non-hydrogen) atoms. The lowest BCUT2D eigenvalue weighted by Crippen LogP contribution is -2.41. The standard InChI is InChI=1S/C15H21N3O2/c19-15(17-3-4-18-5-7-20-8-6-18)12-1-2-13-10-16-11-14(13)9-12/h1-2,9,16H,3-8,10-11H2,(H,17,19). The Hall–Kier alpha value is -1.43. The number of carbonyl (C=O) groups is 1. The SMILES string of the molecule is O=C(NCCN1CCOCC1)c1ccc2c(c1)CNC2. The van der Waals surface area contributed by atoms with E-state index in [2.05, 4.69) is 15.5 Å². The molecule has 2 heterocycles. The van der Waals surface area contributed by atoms with Crippen molar-refractivity contribution in [1.82, 2.24) is 15.5 Å². The molecule has 0 bridgehead atoms. The minimum atomic E-state index is 0.0213. The summed E-state index contributed by atoms with van der Waals surface area (Å²) in [5.41, 5.74) is 3.30. The zero-order valence-electron chi connectivity index (χ0n) is 11.7. The fourth-order valence-corrected chi connectivity index (χ4v) is 2.69. The summed E-state index contributed by atoms with van der Waals surface area (Å²) in [7, 11) is 0. The normalized spacial score (nSPS) is 18.8. The highest BCUT2D eigenvalue weighted by atomic mass is 16.5. The van der Waals surface area contributed by atoms with Gasteiger partial charge in [-0.25, -0.2) is 0 Å². The lowest BCUT2D eigenvalue weighted by molar-refractivity contribution is 0.0383. The number of fused-ring (bicyclic) bond motifs is 1. The molecule has 0 atom stereocenters. The first kappa shape index (κ1) is 13.5. The minimum Gasteiger partial charge on any atom is -0.379 e. The molecule has 0 aromatic heterocycles. The Morgan fingerprint density at radius 3 is 2.90 bits per heavy atom. The third-order valence-electron chi connectivity index (χ3n) is 3.92. The van der Waals surface area contributed by atoms with Crippen molar-refractivity contribution in [1.29, 1.82) is 0 Å². The van der Waals surface area contributed by atoms with Gasteiger partial charge in [-0.1, -0.05) is 6.07 Å². The number of ether oxygens (including phenoxy) is 1. The highest BCUT2D eigenvalue weighted by Gasteiger charge is 2.14. The molecule has 3 rings (SSSR count). The number of morpholine rings is 1. The Morgan fingerprint density at radius 2 is 2.05 bits per heavy atom. The van der Waals surface area contributed by atoms with Crippen LogP contribution in [0.5, 0.6) is 0 Å². The quantitative estimate of drug-likeness (QED) is 0.833. The third-order valence-corrected chi connectivity index (χ3v) is 3.92. The van der Waals surface area contributed by atoms with E-state index in [9.17, 15) is 4.79 Å². The molecule has 1 aromatic carbocycles. The molecule has 5 nitrogen and oxygen atoms in total. The van der Waals surface area contributed by atoms with Crippen LogP contribution < -0.4 is 10.6 Å². The summed E-state index contributed by atoms with van der Waals surface area (Å²) in [6.07, 6.45) is 0. The molecule has 1 aromatic rings. The number of hydrogen-bond acceptors (Lipinski definition) is 4. The van der Waals surface area contributed by atoms with Gasteiger partial charge in [-0.3, -0.25) is 9.69 Å². The smallest absolute Gasteiger partial charge is 0.251 e. The lowest BCUT2D eigenvalue weighted by Gasteiger charge is -2.26. The van der Waals surface area contributed by atoms with Crippen LogP contribution in [0, 0.1) is 0 Å². The second-order valence-electron chi connectivity index (χ2n) is 5.30. The van der Waals surface area contributed by atoms with Gasteiger partial charge in [0.05, 0.1) is 13.2 Å². The van der Waals surface area contributed by atoms with Crippen molar-refractivity contribution in [3.8, 4) is 0 Å². The van der Waals surface area contributed by atoms with E-state index in [0.29, 0.717) is 6.54 Å². The van der Waals surface area contributed by atoms with Gasteiger partial charge in [0.1, 0.15) is 0 Å². The number of benzene rings is 1. The van der Waals surface area contributed by atoms with E-state index >= 15 is 0 Å². The van der Waals surface area contributed by atoms with Crippen LogP contribution in [0.2, 0.25) is 0 Å². The van der Waals surface area contributed by atoms with Crippen molar-refractivity contribution in [2.45, 2.75) is 13.1 Å². The van der Waals surface area contributed by atoms with Crippen molar-refractivity contribution < 1.29 is 9.53 Å². The van der Waals surface area contributed by atoms with Crippen LogP contribution in [0.4, 0.5) is 0 Å². The average Bonchev–Trinajstić information content (AvgIpc) is 2.95. The van der Waals surface area contributed by atoms with Crippen LogP contribution in [0.15, 0.2) is 18.2 Å². The summed E-state index contributed by atoms with van der Waals surface area (Å²) in [5.74, 6) is 0.0213. The Kier molecular flexibility index (Phi) is 4.30. The van der Waals surface area contributed by atoms with Crippen LogP contribution in [0.25, 0.3) is 0 Å². The first-order valence-electron chi connectivity index (χ1n) is 7.24. The molecular formula is C15H21N3O2. The second kappa shape index (κ2) is 6.35. The zero-order valence-corrected chi connectivity index (χ0v) is 11.7. The molecule has 0 radical (unpaired) electrons. The molecule has 2 aliphatic heterocycles. The maximum atomic E-state index is 12.1. The van der Waals surface area contributed by atoms with Crippen molar-refractivity contribution >= 4 is 5.91 Å². The van der Waals surface area contributed by atoms with E-state index in [-0.39, 0.29) is 5.91 Å². The van der Waals surface area contributed by atoms with Gasteiger partial charge in [0.25, 0.3) is 5.91 Å². The van der Waals surface area contributed by atoms with E-state index < -0.39 is 0 Å². The topological polar surface area (TPSA) is 53.6 Å². The van der Waals surface area contributed by atoms with Gasteiger partial charge in [-0.05, 0) is 23.3 Å². The van der Waals surface area contributed by atoms with Gasteiger partial charge in [0.15, 0.2) is 0 Å². The summed E-state index contributed by atoms with van der Waals surface area (Å²) in [6, 6.07) is 5.96.